The van der Waals surface area contributed by atoms with Crippen molar-refractivity contribution in [1.29, 1.82) is 0 Å². The average molecular weight is 217 g/mol. The normalized spacial score (nSPS) is 13.3. The Morgan fingerprint density at radius 3 is 2.64 bits per heavy atom. The van der Waals surface area contributed by atoms with Crippen molar-refractivity contribution in [2.45, 2.75) is 26.4 Å². The van der Waals surface area contributed by atoms with Crippen LogP contribution in [0.15, 0.2) is 18.2 Å². The molecule has 1 nitrogen and oxygen atoms in total. The highest BCUT2D eigenvalue weighted by Gasteiger charge is 2.12. The molecule has 1 atom stereocenters. The fraction of sp³-hybridized carbons (Fsp3) is 0.455. The molecule has 0 aliphatic heterocycles. The van der Waals surface area contributed by atoms with Gasteiger partial charge in [-0.3, -0.25) is 0 Å². The predicted molar refractivity (Wildman–Crippen MR) is 56.0 cm³/mol. The molecule has 0 saturated carbocycles. The van der Waals surface area contributed by atoms with E-state index in [2.05, 4.69) is 0 Å². The van der Waals surface area contributed by atoms with E-state index in [-0.39, 0.29) is 11.7 Å². The highest BCUT2D eigenvalue weighted by molar-refractivity contribution is 6.30. The quantitative estimate of drug-likeness (QED) is 0.824. The lowest BCUT2D eigenvalue weighted by Gasteiger charge is -2.14. The molecule has 1 aromatic rings. The van der Waals surface area contributed by atoms with Crippen LogP contribution >= 0.6 is 11.6 Å². The first-order valence-electron chi connectivity index (χ1n) is 4.62. The Labute approximate surface area is 88.5 Å². The van der Waals surface area contributed by atoms with Gasteiger partial charge in [0.15, 0.2) is 0 Å². The summed E-state index contributed by atoms with van der Waals surface area (Å²) in [5.74, 6) is -0.192. The first kappa shape index (κ1) is 11.5. The van der Waals surface area contributed by atoms with Crippen LogP contribution in [0.5, 0.6) is 0 Å². The van der Waals surface area contributed by atoms with E-state index in [4.69, 9.17) is 11.6 Å². The van der Waals surface area contributed by atoms with Crippen LogP contribution in [0.3, 0.4) is 0 Å². The third-order valence-electron chi connectivity index (χ3n) is 2.21. The van der Waals surface area contributed by atoms with Crippen molar-refractivity contribution in [1.82, 2.24) is 0 Å². The smallest absolute Gasteiger partial charge is 0.126 e. The van der Waals surface area contributed by atoms with E-state index in [0.29, 0.717) is 17.0 Å². The molecule has 0 saturated heterocycles. The highest BCUT2D eigenvalue weighted by atomic mass is 35.5. The molecular weight excluding hydrogens is 203 g/mol. The summed E-state index contributed by atoms with van der Waals surface area (Å²) < 4.78 is 13.2. The van der Waals surface area contributed by atoms with Crippen molar-refractivity contribution in [2.75, 3.05) is 0 Å². The maximum Gasteiger partial charge on any atom is 0.126 e. The molecule has 0 radical (unpaired) electrons. The fourth-order valence-electron chi connectivity index (χ4n) is 1.16. The van der Waals surface area contributed by atoms with Gasteiger partial charge in [0.1, 0.15) is 5.82 Å². The number of aliphatic hydroxyl groups excluding tert-OH is 1. The number of aliphatic hydroxyl groups is 1. The Kier molecular flexibility index (Phi) is 3.90. The lowest BCUT2D eigenvalue weighted by Crippen LogP contribution is -2.18. The Morgan fingerprint density at radius 1 is 1.43 bits per heavy atom. The van der Waals surface area contributed by atoms with E-state index in [1.54, 1.807) is 6.07 Å². The summed E-state index contributed by atoms with van der Waals surface area (Å²) >= 11 is 5.73. The maximum atomic E-state index is 13.2. The molecular formula is C11H14ClFO. The van der Waals surface area contributed by atoms with E-state index < -0.39 is 6.10 Å². The highest BCUT2D eigenvalue weighted by Crippen LogP contribution is 2.18. The Bertz CT molecular complexity index is 312. The average Bonchev–Trinajstić information content (AvgIpc) is 2.11. The predicted octanol–water partition coefficient (Wildman–Crippen LogP) is 3.04. The minimum atomic E-state index is -0.525. The van der Waals surface area contributed by atoms with Gasteiger partial charge in [0.25, 0.3) is 0 Å². The zero-order valence-electron chi connectivity index (χ0n) is 8.30. The van der Waals surface area contributed by atoms with Gasteiger partial charge in [0.05, 0.1) is 6.10 Å². The molecule has 3 heteroatoms. The molecule has 1 unspecified atom stereocenters. The van der Waals surface area contributed by atoms with Gasteiger partial charge in [0, 0.05) is 11.4 Å². The number of hydrogen-bond acceptors (Lipinski definition) is 1. The lowest BCUT2D eigenvalue weighted by atomic mass is 9.99. The second-order valence-corrected chi connectivity index (χ2v) is 4.19. The van der Waals surface area contributed by atoms with Gasteiger partial charge >= 0.3 is 0 Å². The van der Waals surface area contributed by atoms with E-state index in [1.807, 2.05) is 13.8 Å². The van der Waals surface area contributed by atoms with Crippen molar-refractivity contribution < 1.29 is 9.50 Å². The second-order valence-electron chi connectivity index (χ2n) is 3.75. The third-order valence-corrected chi connectivity index (χ3v) is 2.44. The largest absolute Gasteiger partial charge is 0.393 e. The van der Waals surface area contributed by atoms with Gasteiger partial charge in [-0.05, 0) is 29.7 Å². The van der Waals surface area contributed by atoms with Crippen LogP contribution in [0.25, 0.3) is 0 Å². The van der Waals surface area contributed by atoms with Gasteiger partial charge in [-0.1, -0.05) is 25.4 Å². The summed E-state index contributed by atoms with van der Waals surface area (Å²) in [6.45, 7) is 3.79. The first-order valence-corrected chi connectivity index (χ1v) is 5.00. The number of rotatable bonds is 3. The van der Waals surface area contributed by atoms with E-state index in [9.17, 15) is 9.50 Å². The van der Waals surface area contributed by atoms with Crippen molar-refractivity contribution in [3.05, 3.63) is 34.6 Å². The van der Waals surface area contributed by atoms with Crippen LogP contribution in [-0.2, 0) is 6.42 Å². The van der Waals surface area contributed by atoms with Gasteiger partial charge in [-0.15, -0.1) is 0 Å². The maximum absolute atomic E-state index is 13.2. The summed E-state index contributed by atoms with van der Waals surface area (Å²) in [6, 6.07) is 4.38. The van der Waals surface area contributed by atoms with Crippen molar-refractivity contribution in [3.8, 4) is 0 Å². The third kappa shape index (κ3) is 2.96. The fourth-order valence-corrected chi connectivity index (χ4v) is 1.36. The SMILES string of the molecule is CC(C)C(O)Cc1cc(Cl)ccc1F. The Hall–Kier alpha value is -0.600. The van der Waals surface area contributed by atoms with Gasteiger partial charge in [-0.25, -0.2) is 4.39 Å². The molecule has 0 aromatic heterocycles. The topological polar surface area (TPSA) is 20.2 Å². The number of hydrogen-bond donors (Lipinski definition) is 1. The van der Waals surface area contributed by atoms with Crippen LogP contribution < -0.4 is 0 Å². The molecule has 78 valence electrons. The molecule has 0 bridgehead atoms. The van der Waals surface area contributed by atoms with E-state index >= 15 is 0 Å². The van der Waals surface area contributed by atoms with E-state index in [1.165, 1.54) is 12.1 Å². The second kappa shape index (κ2) is 4.76. The zero-order valence-corrected chi connectivity index (χ0v) is 9.05. The summed E-state index contributed by atoms with van der Waals surface area (Å²) in [7, 11) is 0. The van der Waals surface area contributed by atoms with Crippen LogP contribution in [0.4, 0.5) is 4.39 Å². The van der Waals surface area contributed by atoms with Crippen molar-refractivity contribution in [3.63, 3.8) is 0 Å². The molecule has 1 rings (SSSR count). The van der Waals surface area contributed by atoms with Gasteiger partial charge < -0.3 is 5.11 Å². The molecule has 1 N–H and O–H groups in total. The van der Waals surface area contributed by atoms with Crippen LogP contribution in [0, 0.1) is 11.7 Å². The zero-order chi connectivity index (χ0) is 10.7. The van der Waals surface area contributed by atoms with Crippen LogP contribution in [0.1, 0.15) is 19.4 Å². The van der Waals surface area contributed by atoms with Crippen molar-refractivity contribution in [2.24, 2.45) is 5.92 Å². The number of benzene rings is 1. The molecule has 0 heterocycles. The first-order chi connectivity index (χ1) is 6.50. The molecule has 0 aliphatic rings. The summed E-state index contributed by atoms with van der Waals surface area (Å²) in [5, 5.41) is 10.1. The monoisotopic (exact) mass is 216 g/mol. The Morgan fingerprint density at radius 2 is 2.07 bits per heavy atom. The summed E-state index contributed by atoms with van der Waals surface area (Å²) in [4.78, 5) is 0. The van der Waals surface area contributed by atoms with Crippen molar-refractivity contribution >= 4 is 11.6 Å². The molecule has 1 aromatic carbocycles. The summed E-state index contributed by atoms with van der Waals surface area (Å²) in [6.07, 6.45) is -0.215. The molecule has 0 spiro atoms. The minimum absolute atomic E-state index is 0.119. The Balaban J connectivity index is 2.80. The van der Waals surface area contributed by atoms with Gasteiger partial charge in [-0.2, -0.15) is 0 Å². The number of halogens is 2. The molecule has 0 amide bonds. The molecule has 14 heavy (non-hydrogen) atoms. The minimum Gasteiger partial charge on any atom is -0.393 e. The summed E-state index contributed by atoms with van der Waals surface area (Å²) in [5.41, 5.74) is 0.471. The molecule has 0 aliphatic carbocycles. The van der Waals surface area contributed by atoms with Crippen LogP contribution in [-0.4, -0.2) is 11.2 Å². The lowest BCUT2D eigenvalue weighted by molar-refractivity contribution is 0.124. The standard InChI is InChI=1S/C11H14ClFO/c1-7(2)11(14)6-8-5-9(12)3-4-10(8)13/h3-5,7,11,14H,6H2,1-2H3. The molecule has 0 fully saturated rings. The van der Waals surface area contributed by atoms with Crippen LogP contribution in [0.2, 0.25) is 5.02 Å². The van der Waals surface area contributed by atoms with E-state index in [0.717, 1.165) is 0 Å². The van der Waals surface area contributed by atoms with Gasteiger partial charge in [0.2, 0.25) is 0 Å².